The van der Waals surface area contributed by atoms with Crippen LogP contribution in [0.15, 0.2) is 12.1 Å². The molecule has 0 N–H and O–H groups in total. The molecule has 1 aliphatic rings. The van der Waals surface area contributed by atoms with E-state index in [1.807, 2.05) is 0 Å². The smallest absolute Gasteiger partial charge is 0.379 e. The molecular weight excluding hydrogens is 252 g/mol. The van der Waals surface area contributed by atoms with Crippen LogP contribution in [0.1, 0.15) is 27.6 Å². The Labute approximate surface area is 109 Å². The van der Waals surface area contributed by atoms with Gasteiger partial charge >= 0.3 is 5.97 Å². The SMILES string of the molecule is CCOC(=O)C(=O)c1ccc(C=O)c2c1OCCO2. The number of carbonyl (C=O) groups excluding carboxylic acids is 3. The normalized spacial score (nSPS) is 12.7. The van der Waals surface area contributed by atoms with Gasteiger partial charge in [-0.1, -0.05) is 0 Å². The summed E-state index contributed by atoms with van der Waals surface area (Å²) < 4.78 is 15.3. The first kappa shape index (κ1) is 13.1. The molecule has 0 atom stereocenters. The molecule has 6 heteroatoms. The Kier molecular flexibility index (Phi) is 3.79. The summed E-state index contributed by atoms with van der Waals surface area (Å²) in [6.07, 6.45) is 0.603. The van der Waals surface area contributed by atoms with Crippen LogP contribution in [-0.4, -0.2) is 37.9 Å². The van der Waals surface area contributed by atoms with E-state index in [-0.39, 0.29) is 42.4 Å². The van der Waals surface area contributed by atoms with E-state index in [1.165, 1.54) is 12.1 Å². The van der Waals surface area contributed by atoms with Crippen LogP contribution in [0.3, 0.4) is 0 Å². The summed E-state index contributed by atoms with van der Waals surface area (Å²) >= 11 is 0. The second kappa shape index (κ2) is 5.51. The molecule has 6 nitrogen and oxygen atoms in total. The molecule has 0 saturated carbocycles. The Hall–Kier alpha value is -2.37. The average molecular weight is 264 g/mol. The molecule has 1 aromatic carbocycles. The van der Waals surface area contributed by atoms with Crippen LogP contribution >= 0.6 is 0 Å². The highest BCUT2D eigenvalue weighted by Crippen LogP contribution is 2.36. The van der Waals surface area contributed by atoms with E-state index in [2.05, 4.69) is 4.74 Å². The number of rotatable bonds is 4. The number of carbonyl (C=O) groups is 3. The maximum absolute atomic E-state index is 11.9. The molecule has 0 saturated heterocycles. The molecule has 0 fully saturated rings. The molecule has 0 spiro atoms. The molecule has 0 radical (unpaired) electrons. The van der Waals surface area contributed by atoms with Crippen molar-refractivity contribution in [3.8, 4) is 11.5 Å². The third kappa shape index (κ3) is 2.42. The van der Waals surface area contributed by atoms with Crippen LogP contribution in [0, 0.1) is 0 Å². The minimum absolute atomic E-state index is 0.0405. The van der Waals surface area contributed by atoms with Gasteiger partial charge in [0.1, 0.15) is 13.2 Å². The first-order valence-corrected chi connectivity index (χ1v) is 5.78. The maximum Gasteiger partial charge on any atom is 0.379 e. The number of ether oxygens (including phenoxy) is 3. The number of fused-ring (bicyclic) bond motifs is 1. The largest absolute Gasteiger partial charge is 0.485 e. The van der Waals surface area contributed by atoms with Crippen LogP contribution in [0.4, 0.5) is 0 Å². The molecule has 1 aliphatic heterocycles. The molecule has 1 aromatic rings. The monoisotopic (exact) mass is 264 g/mol. The molecule has 2 rings (SSSR count). The van der Waals surface area contributed by atoms with Crippen LogP contribution in [-0.2, 0) is 9.53 Å². The number of benzene rings is 1. The second-order valence-corrected chi connectivity index (χ2v) is 3.72. The lowest BCUT2D eigenvalue weighted by molar-refractivity contribution is -0.137. The Morgan fingerprint density at radius 2 is 1.95 bits per heavy atom. The molecule has 0 unspecified atom stereocenters. The summed E-state index contributed by atoms with van der Waals surface area (Å²) in [6, 6.07) is 2.77. The van der Waals surface area contributed by atoms with Gasteiger partial charge in [-0.15, -0.1) is 0 Å². The minimum atomic E-state index is -0.960. The second-order valence-electron chi connectivity index (χ2n) is 3.72. The summed E-state index contributed by atoms with van der Waals surface area (Å²) in [6.45, 7) is 2.25. The van der Waals surface area contributed by atoms with E-state index in [0.29, 0.717) is 6.29 Å². The fourth-order valence-electron chi connectivity index (χ4n) is 1.74. The third-order valence-electron chi connectivity index (χ3n) is 2.55. The van der Waals surface area contributed by atoms with Crippen molar-refractivity contribution >= 4 is 18.0 Å². The first-order chi connectivity index (χ1) is 9.19. The summed E-state index contributed by atoms with van der Waals surface area (Å²) in [7, 11) is 0. The Bertz CT molecular complexity index is 534. The first-order valence-electron chi connectivity index (χ1n) is 5.78. The van der Waals surface area contributed by atoms with Crippen LogP contribution < -0.4 is 9.47 Å². The summed E-state index contributed by atoms with van der Waals surface area (Å²) in [5.74, 6) is -1.47. The molecule has 100 valence electrons. The summed E-state index contributed by atoms with van der Waals surface area (Å²) in [5.41, 5.74) is 0.314. The van der Waals surface area contributed by atoms with Crippen LogP contribution in [0.25, 0.3) is 0 Å². The van der Waals surface area contributed by atoms with Crippen molar-refractivity contribution in [3.63, 3.8) is 0 Å². The van der Waals surface area contributed by atoms with Crippen LogP contribution in [0.5, 0.6) is 11.5 Å². The zero-order valence-electron chi connectivity index (χ0n) is 10.3. The van der Waals surface area contributed by atoms with E-state index in [0.717, 1.165) is 0 Å². The van der Waals surface area contributed by atoms with E-state index < -0.39 is 11.8 Å². The highest BCUT2D eigenvalue weighted by Gasteiger charge is 2.27. The van der Waals surface area contributed by atoms with Crippen molar-refractivity contribution in [2.75, 3.05) is 19.8 Å². The number of Topliss-reactive ketones (excluding diaryl/α,β-unsaturated/α-hetero) is 1. The van der Waals surface area contributed by atoms with Crippen molar-refractivity contribution in [1.82, 2.24) is 0 Å². The Morgan fingerprint density at radius 1 is 1.26 bits per heavy atom. The Morgan fingerprint density at radius 3 is 2.58 bits per heavy atom. The van der Waals surface area contributed by atoms with Crippen LogP contribution in [0.2, 0.25) is 0 Å². The predicted octanol–water partition coefficient (Wildman–Crippen LogP) is 1.02. The molecular formula is C13H12O6. The van der Waals surface area contributed by atoms with Gasteiger partial charge in [0, 0.05) is 0 Å². The predicted molar refractivity (Wildman–Crippen MR) is 63.8 cm³/mol. The number of hydrogen-bond acceptors (Lipinski definition) is 6. The van der Waals surface area contributed by atoms with Crippen molar-refractivity contribution in [1.29, 1.82) is 0 Å². The maximum atomic E-state index is 11.9. The fraction of sp³-hybridized carbons (Fsp3) is 0.308. The number of ketones is 1. The topological polar surface area (TPSA) is 78.9 Å². The molecule has 0 aliphatic carbocycles. The van der Waals surface area contributed by atoms with Gasteiger partial charge < -0.3 is 14.2 Å². The lowest BCUT2D eigenvalue weighted by Gasteiger charge is -2.21. The number of esters is 1. The van der Waals surface area contributed by atoms with Gasteiger partial charge in [0.15, 0.2) is 17.8 Å². The minimum Gasteiger partial charge on any atom is -0.485 e. The zero-order chi connectivity index (χ0) is 13.8. The van der Waals surface area contributed by atoms with E-state index in [1.54, 1.807) is 6.92 Å². The van der Waals surface area contributed by atoms with Gasteiger partial charge in [-0.05, 0) is 19.1 Å². The van der Waals surface area contributed by atoms with Gasteiger partial charge in [-0.25, -0.2) is 4.79 Å². The lowest BCUT2D eigenvalue weighted by Crippen LogP contribution is -2.23. The number of hydrogen-bond donors (Lipinski definition) is 0. The standard InChI is InChI=1S/C13H12O6/c1-2-17-13(16)10(15)9-4-3-8(7-14)11-12(9)19-6-5-18-11/h3-4,7H,2,5-6H2,1H3. The van der Waals surface area contributed by atoms with Crippen molar-refractivity contribution in [2.24, 2.45) is 0 Å². The van der Waals surface area contributed by atoms with Crippen molar-refractivity contribution in [2.45, 2.75) is 6.92 Å². The highest BCUT2D eigenvalue weighted by molar-refractivity contribution is 6.41. The van der Waals surface area contributed by atoms with Gasteiger partial charge in [0.25, 0.3) is 5.78 Å². The van der Waals surface area contributed by atoms with Gasteiger partial charge in [0.2, 0.25) is 0 Å². The average Bonchev–Trinajstić information content (AvgIpc) is 2.45. The van der Waals surface area contributed by atoms with Gasteiger partial charge in [-0.3, -0.25) is 9.59 Å². The van der Waals surface area contributed by atoms with E-state index in [4.69, 9.17) is 9.47 Å². The quantitative estimate of drug-likeness (QED) is 0.349. The van der Waals surface area contributed by atoms with E-state index >= 15 is 0 Å². The zero-order valence-corrected chi connectivity index (χ0v) is 10.3. The lowest BCUT2D eigenvalue weighted by atomic mass is 10.0. The highest BCUT2D eigenvalue weighted by atomic mass is 16.6. The third-order valence-corrected chi connectivity index (χ3v) is 2.55. The molecule has 19 heavy (non-hydrogen) atoms. The molecule has 0 aromatic heterocycles. The summed E-state index contributed by atoms with van der Waals surface area (Å²) in [4.78, 5) is 34.2. The fourth-order valence-corrected chi connectivity index (χ4v) is 1.74. The number of aldehydes is 1. The Balaban J connectivity index is 2.44. The van der Waals surface area contributed by atoms with E-state index in [9.17, 15) is 14.4 Å². The molecule has 1 heterocycles. The molecule has 0 bridgehead atoms. The van der Waals surface area contributed by atoms with Crippen molar-refractivity contribution in [3.05, 3.63) is 23.3 Å². The van der Waals surface area contributed by atoms with Gasteiger partial charge in [-0.2, -0.15) is 0 Å². The molecule has 0 amide bonds. The van der Waals surface area contributed by atoms with Crippen molar-refractivity contribution < 1.29 is 28.6 Å². The summed E-state index contributed by atoms with van der Waals surface area (Å²) in [5, 5.41) is 0. The van der Waals surface area contributed by atoms with Gasteiger partial charge in [0.05, 0.1) is 17.7 Å².